The maximum absolute atomic E-state index is 13.3. The van der Waals surface area contributed by atoms with E-state index in [1.165, 1.54) is 23.1 Å². The molecule has 1 aliphatic heterocycles. The van der Waals surface area contributed by atoms with Crippen LogP contribution in [0.3, 0.4) is 0 Å². The molecule has 0 aliphatic carbocycles. The molecule has 124 valence electrons. The number of halogens is 3. The number of benzene rings is 2. The molecule has 4 nitrogen and oxygen atoms in total. The van der Waals surface area contributed by atoms with Crippen LogP contribution in [0.2, 0.25) is 10.0 Å². The van der Waals surface area contributed by atoms with E-state index in [1.54, 1.807) is 12.1 Å². The van der Waals surface area contributed by atoms with Gasteiger partial charge in [0.15, 0.2) is 12.4 Å². The highest BCUT2D eigenvalue weighted by Gasteiger charge is 2.28. The van der Waals surface area contributed by atoms with Gasteiger partial charge in [0.2, 0.25) is 0 Å². The lowest BCUT2D eigenvalue weighted by atomic mass is 10.00. The lowest BCUT2D eigenvalue weighted by Gasteiger charge is -2.28. The van der Waals surface area contributed by atoms with Gasteiger partial charge in [-0.05, 0) is 36.4 Å². The summed E-state index contributed by atoms with van der Waals surface area (Å²) in [6.07, 6.45) is 0.143. The van der Waals surface area contributed by atoms with E-state index in [0.29, 0.717) is 21.5 Å². The summed E-state index contributed by atoms with van der Waals surface area (Å²) in [6.45, 7) is -0.0274. The van der Waals surface area contributed by atoms with Crippen molar-refractivity contribution in [1.29, 1.82) is 0 Å². The predicted octanol–water partition coefficient (Wildman–Crippen LogP) is 4.13. The molecule has 0 radical (unpaired) electrons. The first-order valence-electron chi connectivity index (χ1n) is 7.16. The Morgan fingerprint density at radius 2 is 2.00 bits per heavy atom. The van der Waals surface area contributed by atoms with Crippen LogP contribution in [0.25, 0.3) is 0 Å². The smallest absolute Gasteiger partial charge is 0.264 e. The lowest BCUT2D eigenvalue weighted by molar-refractivity contribution is -0.120. The summed E-state index contributed by atoms with van der Waals surface area (Å²) in [6, 6.07) is 8.48. The molecule has 0 saturated carbocycles. The highest BCUT2D eigenvalue weighted by Crippen LogP contribution is 2.29. The largest absolute Gasteiger partial charge is 0.482 e. The quantitative estimate of drug-likeness (QED) is 0.819. The second-order valence-corrected chi connectivity index (χ2v) is 6.09. The Balaban J connectivity index is 1.76. The molecule has 3 rings (SSSR count). The van der Waals surface area contributed by atoms with Crippen molar-refractivity contribution in [3.63, 3.8) is 0 Å². The van der Waals surface area contributed by atoms with Crippen LogP contribution in [0.15, 0.2) is 36.4 Å². The summed E-state index contributed by atoms with van der Waals surface area (Å²) in [5.74, 6) is -0.709. The highest BCUT2D eigenvalue weighted by atomic mass is 35.5. The van der Waals surface area contributed by atoms with Crippen molar-refractivity contribution in [3.05, 3.63) is 57.8 Å². The molecule has 0 spiro atoms. The Morgan fingerprint density at radius 3 is 2.75 bits per heavy atom. The Bertz CT molecular complexity index is 825. The molecule has 0 atom stereocenters. The van der Waals surface area contributed by atoms with Crippen molar-refractivity contribution in [2.75, 3.05) is 18.1 Å². The van der Waals surface area contributed by atoms with E-state index in [0.717, 1.165) is 6.07 Å². The monoisotopic (exact) mass is 367 g/mol. The molecule has 1 amide bonds. The van der Waals surface area contributed by atoms with Gasteiger partial charge in [0, 0.05) is 23.6 Å². The summed E-state index contributed by atoms with van der Waals surface area (Å²) in [5, 5.41) is 0.760. The maximum Gasteiger partial charge on any atom is 0.264 e. The molecule has 2 aromatic carbocycles. The van der Waals surface area contributed by atoms with E-state index in [1.807, 2.05) is 0 Å². The Hall–Kier alpha value is -2.11. The molecule has 0 aromatic heterocycles. The van der Waals surface area contributed by atoms with Gasteiger partial charge in [-0.15, -0.1) is 0 Å². The third kappa shape index (κ3) is 3.37. The zero-order chi connectivity index (χ0) is 17.3. The average molecular weight is 368 g/mol. The lowest BCUT2D eigenvalue weighted by Crippen LogP contribution is -2.40. The molecule has 0 bridgehead atoms. The zero-order valence-electron chi connectivity index (χ0n) is 12.4. The number of rotatable bonds is 3. The Labute approximate surface area is 147 Å². The second-order valence-electron chi connectivity index (χ2n) is 5.24. The van der Waals surface area contributed by atoms with Gasteiger partial charge in [0.25, 0.3) is 5.91 Å². The molecule has 7 heteroatoms. The van der Waals surface area contributed by atoms with Crippen molar-refractivity contribution in [3.8, 4) is 5.75 Å². The van der Waals surface area contributed by atoms with Gasteiger partial charge in [-0.25, -0.2) is 4.39 Å². The average Bonchev–Trinajstić information content (AvgIpc) is 2.54. The van der Waals surface area contributed by atoms with Crippen molar-refractivity contribution in [2.24, 2.45) is 0 Å². The number of ketones is 1. The van der Waals surface area contributed by atoms with Gasteiger partial charge >= 0.3 is 0 Å². The van der Waals surface area contributed by atoms with Crippen LogP contribution in [0, 0.1) is 5.82 Å². The second kappa shape index (κ2) is 6.79. The summed E-state index contributed by atoms with van der Waals surface area (Å²) in [5.41, 5.74) is 0.600. The summed E-state index contributed by atoms with van der Waals surface area (Å²) < 4.78 is 18.8. The first kappa shape index (κ1) is 16.7. The minimum Gasteiger partial charge on any atom is -0.482 e. The summed E-state index contributed by atoms with van der Waals surface area (Å²) >= 11 is 11.8. The van der Waals surface area contributed by atoms with Crippen molar-refractivity contribution >= 4 is 40.6 Å². The number of hydrogen-bond donors (Lipinski definition) is 0. The molecule has 24 heavy (non-hydrogen) atoms. The fraction of sp³-hybridized carbons (Fsp3) is 0.176. The van der Waals surface area contributed by atoms with Crippen LogP contribution in [-0.2, 0) is 4.79 Å². The number of ether oxygens (including phenoxy) is 1. The molecule has 1 heterocycles. The number of nitrogens with zero attached hydrogens (tertiary/aromatic N) is 1. The van der Waals surface area contributed by atoms with Crippen LogP contribution in [0.4, 0.5) is 10.1 Å². The number of anilines is 1. The standard InChI is InChI=1S/C17H12Cl2FNO3/c18-10-1-4-16(13(19)7-10)24-9-17(23)21-6-5-15(22)12-8-11(20)2-3-14(12)21/h1-4,7-8H,5-6,9H2. The predicted molar refractivity (Wildman–Crippen MR) is 89.7 cm³/mol. The molecule has 1 aliphatic rings. The number of carbonyl (C=O) groups is 2. The third-order valence-electron chi connectivity index (χ3n) is 3.66. The van der Waals surface area contributed by atoms with E-state index < -0.39 is 5.82 Å². The number of amides is 1. The van der Waals surface area contributed by atoms with Gasteiger partial charge in [0.1, 0.15) is 11.6 Å². The molecular weight excluding hydrogens is 356 g/mol. The number of fused-ring (bicyclic) bond motifs is 1. The maximum atomic E-state index is 13.3. The van der Waals surface area contributed by atoms with E-state index in [-0.39, 0.29) is 36.8 Å². The first-order chi connectivity index (χ1) is 11.5. The van der Waals surface area contributed by atoms with Crippen LogP contribution >= 0.6 is 23.2 Å². The fourth-order valence-corrected chi connectivity index (χ4v) is 2.97. The van der Waals surface area contributed by atoms with Crippen LogP contribution in [-0.4, -0.2) is 24.8 Å². The normalized spacial score (nSPS) is 13.6. The van der Waals surface area contributed by atoms with Gasteiger partial charge in [-0.2, -0.15) is 0 Å². The fourth-order valence-electron chi connectivity index (χ4n) is 2.50. The zero-order valence-corrected chi connectivity index (χ0v) is 13.9. The molecule has 2 aromatic rings. The van der Waals surface area contributed by atoms with Gasteiger partial charge in [-0.3, -0.25) is 9.59 Å². The van der Waals surface area contributed by atoms with E-state index in [2.05, 4.69) is 0 Å². The SMILES string of the molecule is O=C1CCN(C(=O)COc2ccc(Cl)cc2Cl)c2ccc(F)cc21. The molecule has 0 fully saturated rings. The minimum absolute atomic E-state index is 0.143. The van der Waals surface area contributed by atoms with E-state index in [4.69, 9.17) is 27.9 Å². The first-order valence-corrected chi connectivity index (χ1v) is 7.92. The molecule has 0 N–H and O–H groups in total. The third-order valence-corrected chi connectivity index (χ3v) is 4.19. The van der Waals surface area contributed by atoms with E-state index >= 15 is 0 Å². The van der Waals surface area contributed by atoms with E-state index in [9.17, 15) is 14.0 Å². The van der Waals surface area contributed by atoms with Gasteiger partial charge in [0.05, 0.1) is 10.7 Å². The summed E-state index contributed by atoms with van der Waals surface area (Å²) in [4.78, 5) is 25.7. The molecular formula is C17H12Cl2FNO3. The van der Waals surface area contributed by atoms with Crippen molar-refractivity contribution < 1.29 is 18.7 Å². The number of carbonyl (C=O) groups excluding carboxylic acids is 2. The van der Waals surface area contributed by atoms with Gasteiger partial charge in [-0.1, -0.05) is 23.2 Å². The minimum atomic E-state index is -0.513. The Morgan fingerprint density at radius 1 is 1.21 bits per heavy atom. The van der Waals surface area contributed by atoms with Crippen molar-refractivity contribution in [1.82, 2.24) is 0 Å². The Kier molecular flexibility index (Phi) is 4.73. The number of Topliss-reactive ketones (excluding diaryl/α,β-unsaturated/α-hetero) is 1. The number of hydrogen-bond acceptors (Lipinski definition) is 3. The topological polar surface area (TPSA) is 46.6 Å². The van der Waals surface area contributed by atoms with Gasteiger partial charge < -0.3 is 9.64 Å². The van der Waals surface area contributed by atoms with Crippen molar-refractivity contribution in [2.45, 2.75) is 6.42 Å². The van der Waals surface area contributed by atoms with Crippen LogP contribution in [0.1, 0.15) is 16.8 Å². The summed E-state index contributed by atoms with van der Waals surface area (Å²) in [7, 11) is 0. The van der Waals surface area contributed by atoms with Crippen LogP contribution < -0.4 is 9.64 Å². The highest BCUT2D eigenvalue weighted by molar-refractivity contribution is 6.35. The van der Waals surface area contributed by atoms with Crippen LogP contribution in [0.5, 0.6) is 5.75 Å². The molecule has 0 unspecified atom stereocenters. The molecule has 0 saturated heterocycles.